The van der Waals surface area contributed by atoms with Gasteiger partial charge in [-0.1, -0.05) is 26.0 Å². The highest BCUT2D eigenvalue weighted by Crippen LogP contribution is 2.20. The topological polar surface area (TPSA) is 75.6 Å². The molecule has 0 saturated carbocycles. The Morgan fingerprint density at radius 1 is 1.22 bits per heavy atom. The summed E-state index contributed by atoms with van der Waals surface area (Å²) in [5, 5.41) is 8.94. The van der Waals surface area contributed by atoms with Gasteiger partial charge in [-0.25, -0.2) is 9.97 Å². The zero-order chi connectivity index (χ0) is 13.5. The van der Waals surface area contributed by atoms with Crippen molar-refractivity contribution in [1.82, 2.24) is 9.97 Å². The Morgan fingerprint density at radius 3 is 2.56 bits per heavy atom. The third-order valence-corrected chi connectivity index (χ3v) is 2.33. The average molecular weight is 240 g/mol. The molecule has 0 fully saturated rings. The van der Waals surface area contributed by atoms with Crippen molar-refractivity contribution in [1.29, 1.82) is 5.26 Å². The highest BCUT2D eigenvalue weighted by Gasteiger charge is 2.03. The zero-order valence-electron chi connectivity index (χ0n) is 10.8. The van der Waals surface area contributed by atoms with Crippen molar-refractivity contribution in [3.8, 4) is 17.3 Å². The smallest absolute Gasteiger partial charge is 0.220 e. The number of nitrogens with zero attached hydrogens (tertiary/aromatic N) is 3. The van der Waals surface area contributed by atoms with Gasteiger partial charge in [0.1, 0.15) is 0 Å². The molecule has 4 nitrogen and oxygen atoms in total. The molecule has 0 aliphatic rings. The summed E-state index contributed by atoms with van der Waals surface area (Å²) in [6.07, 6.45) is 1.60. The van der Waals surface area contributed by atoms with E-state index in [1.165, 1.54) is 0 Å². The molecule has 0 spiro atoms. The van der Waals surface area contributed by atoms with Crippen molar-refractivity contribution < 1.29 is 0 Å². The van der Waals surface area contributed by atoms with E-state index >= 15 is 0 Å². The first-order valence-electron chi connectivity index (χ1n) is 5.80. The van der Waals surface area contributed by atoms with Crippen molar-refractivity contribution in [3.63, 3.8) is 0 Å². The Kier molecular flexibility index (Phi) is 4.82. The van der Waals surface area contributed by atoms with Crippen LogP contribution in [0.3, 0.4) is 0 Å². The maximum atomic E-state index is 8.94. The minimum atomic E-state index is 0.233. The molecule has 0 aliphatic carbocycles. The summed E-state index contributed by atoms with van der Waals surface area (Å²) in [7, 11) is 0. The van der Waals surface area contributed by atoms with Gasteiger partial charge in [0.25, 0.3) is 0 Å². The minimum absolute atomic E-state index is 0.233. The van der Waals surface area contributed by atoms with Crippen molar-refractivity contribution in [2.75, 3.05) is 5.73 Å². The number of rotatable bonds is 1. The van der Waals surface area contributed by atoms with Gasteiger partial charge in [0.2, 0.25) is 5.95 Å². The minimum Gasteiger partial charge on any atom is -0.368 e. The van der Waals surface area contributed by atoms with Gasteiger partial charge in [-0.2, -0.15) is 5.26 Å². The lowest BCUT2D eigenvalue weighted by Gasteiger charge is -2.03. The number of nitrogen functional groups attached to an aromatic ring is 1. The van der Waals surface area contributed by atoms with Gasteiger partial charge in [-0.05, 0) is 24.6 Å². The molecule has 0 radical (unpaired) electrons. The molecule has 0 unspecified atom stereocenters. The fraction of sp³-hybridized carbons (Fsp3) is 0.214. The molecule has 1 aromatic carbocycles. The number of anilines is 1. The second-order valence-corrected chi connectivity index (χ2v) is 3.44. The van der Waals surface area contributed by atoms with Crippen LogP contribution in [0.2, 0.25) is 0 Å². The molecule has 0 saturated heterocycles. The molecular formula is C14H16N4. The SMILES string of the molecule is CC.Cc1ccc(-c2ccnc(N)n2)cc1C#N. The van der Waals surface area contributed by atoms with E-state index in [2.05, 4.69) is 16.0 Å². The fourth-order valence-corrected chi connectivity index (χ4v) is 1.44. The molecule has 18 heavy (non-hydrogen) atoms. The number of hydrogen-bond acceptors (Lipinski definition) is 4. The normalized spacial score (nSPS) is 9.00. The van der Waals surface area contributed by atoms with E-state index in [1.54, 1.807) is 18.3 Å². The molecule has 0 bridgehead atoms. The van der Waals surface area contributed by atoms with Crippen LogP contribution in [0.15, 0.2) is 30.5 Å². The van der Waals surface area contributed by atoms with Crippen LogP contribution < -0.4 is 5.73 Å². The Hall–Kier alpha value is -2.41. The van der Waals surface area contributed by atoms with E-state index in [1.807, 2.05) is 32.9 Å². The predicted molar refractivity (Wildman–Crippen MR) is 72.7 cm³/mol. The summed E-state index contributed by atoms with van der Waals surface area (Å²) in [6.45, 7) is 5.90. The van der Waals surface area contributed by atoms with Crippen LogP contribution in [-0.4, -0.2) is 9.97 Å². The van der Waals surface area contributed by atoms with Gasteiger partial charge in [-0.3, -0.25) is 0 Å². The summed E-state index contributed by atoms with van der Waals surface area (Å²) in [6, 6.07) is 9.52. The lowest BCUT2D eigenvalue weighted by atomic mass is 10.0. The van der Waals surface area contributed by atoms with Crippen LogP contribution in [0.25, 0.3) is 11.3 Å². The molecule has 0 atom stereocenters. The van der Waals surface area contributed by atoms with Crippen molar-refractivity contribution in [2.24, 2.45) is 0 Å². The fourth-order valence-electron chi connectivity index (χ4n) is 1.44. The molecule has 0 amide bonds. The first-order valence-corrected chi connectivity index (χ1v) is 5.80. The summed E-state index contributed by atoms with van der Waals surface area (Å²) in [5.74, 6) is 0.233. The number of nitriles is 1. The highest BCUT2D eigenvalue weighted by atomic mass is 15.0. The van der Waals surface area contributed by atoms with Crippen LogP contribution in [0.4, 0.5) is 5.95 Å². The summed E-state index contributed by atoms with van der Waals surface area (Å²) in [4.78, 5) is 7.93. The van der Waals surface area contributed by atoms with E-state index in [0.717, 1.165) is 16.8 Å². The zero-order valence-corrected chi connectivity index (χ0v) is 10.8. The van der Waals surface area contributed by atoms with Crippen molar-refractivity contribution in [3.05, 3.63) is 41.6 Å². The van der Waals surface area contributed by atoms with Gasteiger partial charge in [-0.15, -0.1) is 0 Å². The van der Waals surface area contributed by atoms with Crippen LogP contribution >= 0.6 is 0 Å². The van der Waals surface area contributed by atoms with Gasteiger partial charge >= 0.3 is 0 Å². The Morgan fingerprint density at radius 2 is 1.94 bits per heavy atom. The number of hydrogen-bond donors (Lipinski definition) is 1. The van der Waals surface area contributed by atoms with E-state index in [-0.39, 0.29) is 5.95 Å². The van der Waals surface area contributed by atoms with Gasteiger partial charge < -0.3 is 5.73 Å². The second-order valence-electron chi connectivity index (χ2n) is 3.44. The first-order chi connectivity index (χ1) is 8.70. The number of nitrogens with two attached hydrogens (primary N) is 1. The molecule has 92 valence electrons. The van der Waals surface area contributed by atoms with Crippen LogP contribution in [0.5, 0.6) is 0 Å². The molecule has 1 aromatic heterocycles. The standard InChI is InChI=1S/C12H10N4.C2H6/c1-8-2-3-9(6-10(8)7-13)11-4-5-15-12(14)16-11;1-2/h2-6H,1H3,(H2,14,15,16);1-2H3. The van der Waals surface area contributed by atoms with Crippen LogP contribution in [0.1, 0.15) is 25.0 Å². The quantitative estimate of drug-likeness (QED) is 0.831. The molecular weight excluding hydrogens is 224 g/mol. The van der Waals surface area contributed by atoms with Gasteiger partial charge in [0.15, 0.2) is 0 Å². The summed E-state index contributed by atoms with van der Waals surface area (Å²) in [5.41, 5.74) is 8.71. The van der Waals surface area contributed by atoms with Crippen LogP contribution in [0, 0.1) is 18.3 Å². The first kappa shape index (κ1) is 13.7. The Balaban J connectivity index is 0.000000771. The van der Waals surface area contributed by atoms with Gasteiger partial charge in [0, 0.05) is 11.8 Å². The molecule has 2 aromatic rings. The van der Waals surface area contributed by atoms with E-state index in [0.29, 0.717) is 5.56 Å². The van der Waals surface area contributed by atoms with E-state index in [4.69, 9.17) is 11.0 Å². The monoisotopic (exact) mass is 240 g/mol. The third-order valence-electron chi connectivity index (χ3n) is 2.33. The van der Waals surface area contributed by atoms with Crippen LogP contribution in [-0.2, 0) is 0 Å². The van der Waals surface area contributed by atoms with Gasteiger partial charge in [0.05, 0.1) is 17.3 Å². The average Bonchev–Trinajstić information content (AvgIpc) is 2.41. The lowest BCUT2D eigenvalue weighted by molar-refractivity contribution is 1.19. The Labute approximate surface area is 107 Å². The van der Waals surface area contributed by atoms with E-state index < -0.39 is 0 Å². The van der Waals surface area contributed by atoms with Crippen molar-refractivity contribution >= 4 is 5.95 Å². The van der Waals surface area contributed by atoms with Crippen molar-refractivity contribution in [2.45, 2.75) is 20.8 Å². The van der Waals surface area contributed by atoms with E-state index in [9.17, 15) is 0 Å². The second kappa shape index (κ2) is 6.36. The number of benzene rings is 1. The Bertz CT molecular complexity index is 570. The largest absolute Gasteiger partial charge is 0.368 e. The molecule has 2 rings (SSSR count). The molecule has 0 aliphatic heterocycles. The maximum absolute atomic E-state index is 8.94. The number of aryl methyl sites for hydroxylation is 1. The third kappa shape index (κ3) is 3.05. The summed E-state index contributed by atoms with van der Waals surface area (Å²) < 4.78 is 0. The predicted octanol–water partition coefficient (Wildman–Crippen LogP) is 2.93. The summed E-state index contributed by atoms with van der Waals surface area (Å²) >= 11 is 0. The highest BCUT2D eigenvalue weighted by molar-refractivity contribution is 5.63. The molecule has 1 heterocycles. The lowest BCUT2D eigenvalue weighted by Crippen LogP contribution is -1.95. The molecule has 4 heteroatoms. The maximum Gasteiger partial charge on any atom is 0.220 e. The number of aromatic nitrogens is 2. The molecule has 2 N–H and O–H groups in total.